The number of hydrogen-bond acceptors (Lipinski definition) is 4. The summed E-state index contributed by atoms with van der Waals surface area (Å²) in [5.41, 5.74) is 3.81. The molecule has 0 spiro atoms. The zero-order valence-corrected chi connectivity index (χ0v) is 13.3. The number of likely N-dealkylation sites (N-methyl/N-ethyl adjacent to an activating group) is 1. The third-order valence-corrected chi connectivity index (χ3v) is 3.47. The number of benzene rings is 1. The molecule has 0 aliphatic rings. The second-order valence-electron chi connectivity index (χ2n) is 5.45. The molecule has 2 N–H and O–H groups in total. The zero-order chi connectivity index (χ0) is 16.7. The van der Waals surface area contributed by atoms with Crippen molar-refractivity contribution >= 4 is 17.4 Å². The Morgan fingerprint density at radius 3 is 2.83 bits per heavy atom. The van der Waals surface area contributed by atoms with E-state index in [0.29, 0.717) is 0 Å². The van der Waals surface area contributed by atoms with Gasteiger partial charge in [-0.25, -0.2) is 9.67 Å². The number of hydrogen-bond donors (Lipinski definition) is 2. The molecule has 0 saturated carbocycles. The highest BCUT2D eigenvalue weighted by Crippen LogP contribution is 2.21. The fourth-order valence-electron chi connectivity index (χ4n) is 2.38. The van der Waals surface area contributed by atoms with E-state index < -0.39 is 0 Å². The van der Waals surface area contributed by atoms with Gasteiger partial charge < -0.3 is 15.0 Å². The Morgan fingerprint density at radius 2 is 2.17 bits per heavy atom. The van der Waals surface area contributed by atoms with Gasteiger partial charge in [0.2, 0.25) is 0 Å². The average Bonchev–Trinajstić information content (AvgIpc) is 3.15. The monoisotopic (exact) mass is 315 g/mol. The highest BCUT2D eigenvalue weighted by Gasteiger charge is 2.06. The second-order valence-corrected chi connectivity index (χ2v) is 5.45. The average molecular weight is 315 g/mol. The zero-order valence-electron chi connectivity index (χ0n) is 13.3. The van der Waals surface area contributed by atoms with Gasteiger partial charge in [-0.15, -0.1) is 0 Å². The Hall–Kier alpha value is -2.67. The van der Waals surface area contributed by atoms with Crippen LogP contribution in [-0.4, -0.2) is 56.9 Å². The first-order valence-corrected chi connectivity index (χ1v) is 7.28. The molecule has 0 fully saturated rings. The lowest BCUT2D eigenvalue weighted by atomic mass is 10.1. The standard InChI is InChI=1S/C15H19N5.CH2O2/c1-19(2)6-5-13-8-17-15-4-3-12(7-14(13)15)9-20-11-16-10-18-20;2-1-3/h3-4,7-8,10-11,17H,5-6,9H2,1-2H3;1H,(H,2,3). The smallest absolute Gasteiger partial charge is 0.290 e. The van der Waals surface area contributed by atoms with E-state index in [1.165, 1.54) is 22.0 Å². The lowest BCUT2D eigenvalue weighted by Crippen LogP contribution is -2.14. The number of carboxylic acid groups (broad SMARTS) is 1. The molecule has 7 heteroatoms. The fraction of sp³-hybridized carbons (Fsp3) is 0.312. The van der Waals surface area contributed by atoms with E-state index in [1.807, 2.05) is 4.68 Å². The first-order valence-electron chi connectivity index (χ1n) is 7.28. The molecule has 1 aromatic carbocycles. The van der Waals surface area contributed by atoms with E-state index >= 15 is 0 Å². The Bertz CT molecular complexity index is 734. The van der Waals surface area contributed by atoms with Gasteiger partial charge in [-0.3, -0.25) is 4.79 Å². The number of aromatic nitrogens is 4. The van der Waals surface area contributed by atoms with Crippen LogP contribution < -0.4 is 0 Å². The van der Waals surface area contributed by atoms with E-state index in [1.54, 1.807) is 12.7 Å². The van der Waals surface area contributed by atoms with Crippen LogP contribution >= 0.6 is 0 Å². The molecule has 0 aliphatic heterocycles. The van der Waals surface area contributed by atoms with E-state index in [9.17, 15) is 0 Å². The van der Waals surface area contributed by atoms with E-state index in [-0.39, 0.29) is 6.47 Å². The first kappa shape index (κ1) is 16.7. The summed E-state index contributed by atoms with van der Waals surface area (Å²) in [5, 5.41) is 12.4. The molecule has 0 aliphatic carbocycles. The van der Waals surface area contributed by atoms with Crippen molar-refractivity contribution in [1.82, 2.24) is 24.6 Å². The van der Waals surface area contributed by atoms with Crippen molar-refractivity contribution < 1.29 is 9.90 Å². The van der Waals surface area contributed by atoms with Crippen LogP contribution in [-0.2, 0) is 17.8 Å². The van der Waals surface area contributed by atoms with E-state index in [2.05, 4.69) is 58.5 Å². The van der Waals surface area contributed by atoms with Crippen molar-refractivity contribution in [3.05, 3.63) is 48.2 Å². The largest absolute Gasteiger partial charge is 0.483 e. The molecule has 0 amide bonds. The van der Waals surface area contributed by atoms with Gasteiger partial charge in [-0.2, -0.15) is 5.10 Å². The number of fused-ring (bicyclic) bond motifs is 1. The summed E-state index contributed by atoms with van der Waals surface area (Å²) in [4.78, 5) is 17.9. The molecule has 23 heavy (non-hydrogen) atoms. The topological polar surface area (TPSA) is 87.0 Å². The van der Waals surface area contributed by atoms with E-state index in [4.69, 9.17) is 9.90 Å². The van der Waals surface area contributed by atoms with Crippen LogP contribution in [0, 0.1) is 0 Å². The fourth-order valence-corrected chi connectivity index (χ4v) is 2.38. The number of aromatic amines is 1. The number of nitrogens with zero attached hydrogens (tertiary/aromatic N) is 4. The predicted octanol–water partition coefficient (Wildman–Crippen LogP) is 1.61. The molecule has 2 heterocycles. The summed E-state index contributed by atoms with van der Waals surface area (Å²) in [6, 6.07) is 6.52. The van der Waals surface area contributed by atoms with Crippen LogP contribution in [0.25, 0.3) is 10.9 Å². The minimum Gasteiger partial charge on any atom is -0.483 e. The van der Waals surface area contributed by atoms with Crippen LogP contribution in [0.1, 0.15) is 11.1 Å². The normalized spacial score (nSPS) is 10.6. The van der Waals surface area contributed by atoms with E-state index in [0.717, 1.165) is 19.5 Å². The van der Waals surface area contributed by atoms with Gasteiger partial charge in [0, 0.05) is 23.6 Å². The lowest BCUT2D eigenvalue weighted by Gasteiger charge is -2.08. The summed E-state index contributed by atoms with van der Waals surface area (Å²) in [6.45, 7) is 1.56. The summed E-state index contributed by atoms with van der Waals surface area (Å²) in [5.74, 6) is 0. The molecule has 3 aromatic rings. The highest BCUT2D eigenvalue weighted by atomic mass is 16.3. The SMILES string of the molecule is CN(C)CCc1c[nH]c2ccc(Cn3cncn3)cc12.O=CO. The van der Waals surface area contributed by atoms with Crippen molar-refractivity contribution in [2.75, 3.05) is 20.6 Å². The van der Waals surface area contributed by atoms with Gasteiger partial charge in [0.15, 0.2) is 0 Å². The maximum Gasteiger partial charge on any atom is 0.290 e. The van der Waals surface area contributed by atoms with Crippen LogP contribution in [0.3, 0.4) is 0 Å². The van der Waals surface area contributed by atoms with Gasteiger partial charge in [0.1, 0.15) is 12.7 Å². The molecular weight excluding hydrogens is 294 g/mol. The minimum atomic E-state index is -0.250. The van der Waals surface area contributed by atoms with Crippen molar-refractivity contribution in [2.24, 2.45) is 0 Å². The summed E-state index contributed by atoms with van der Waals surface area (Å²) >= 11 is 0. The van der Waals surface area contributed by atoms with Crippen LogP contribution in [0.2, 0.25) is 0 Å². The van der Waals surface area contributed by atoms with Crippen molar-refractivity contribution in [1.29, 1.82) is 0 Å². The molecule has 0 saturated heterocycles. The molecule has 0 atom stereocenters. The van der Waals surface area contributed by atoms with Crippen LogP contribution in [0.5, 0.6) is 0 Å². The predicted molar refractivity (Wildman–Crippen MR) is 88.4 cm³/mol. The highest BCUT2D eigenvalue weighted by molar-refractivity contribution is 5.83. The molecule has 0 unspecified atom stereocenters. The summed E-state index contributed by atoms with van der Waals surface area (Å²) in [6.07, 6.45) is 6.48. The Balaban J connectivity index is 0.000000595. The van der Waals surface area contributed by atoms with Crippen molar-refractivity contribution in [2.45, 2.75) is 13.0 Å². The molecule has 122 valence electrons. The third kappa shape index (κ3) is 4.65. The Morgan fingerprint density at radius 1 is 1.39 bits per heavy atom. The quantitative estimate of drug-likeness (QED) is 0.699. The van der Waals surface area contributed by atoms with Gasteiger partial charge in [-0.05, 0) is 43.8 Å². The Kier molecular flexibility index (Phi) is 5.87. The molecule has 2 aromatic heterocycles. The minimum absolute atomic E-state index is 0.250. The molecule has 0 bridgehead atoms. The van der Waals surface area contributed by atoms with Crippen molar-refractivity contribution in [3.63, 3.8) is 0 Å². The summed E-state index contributed by atoms with van der Waals surface area (Å²) in [7, 11) is 4.20. The van der Waals surface area contributed by atoms with Gasteiger partial charge in [0.25, 0.3) is 6.47 Å². The van der Waals surface area contributed by atoms with Crippen molar-refractivity contribution in [3.8, 4) is 0 Å². The second kappa shape index (κ2) is 8.09. The molecular formula is C16H21N5O2. The molecule has 7 nitrogen and oxygen atoms in total. The lowest BCUT2D eigenvalue weighted by molar-refractivity contribution is -0.122. The number of rotatable bonds is 5. The number of H-pyrrole nitrogens is 1. The van der Waals surface area contributed by atoms with Gasteiger partial charge >= 0.3 is 0 Å². The Labute approximate surface area is 134 Å². The van der Waals surface area contributed by atoms with Crippen LogP contribution in [0.4, 0.5) is 0 Å². The first-order chi connectivity index (χ1) is 11.1. The van der Waals surface area contributed by atoms with Gasteiger partial charge in [-0.1, -0.05) is 6.07 Å². The van der Waals surface area contributed by atoms with Gasteiger partial charge in [0.05, 0.1) is 6.54 Å². The summed E-state index contributed by atoms with van der Waals surface area (Å²) < 4.78 is 1.84. The molecule has 3 rings (SSSR count). The maximum absolute atomic E-state index is 8.36. The third-order valence-electron chi connectivity index (χ3n) is 3.47. The number of carbonyl (C=O) groups is 1. The maximum atomic E-state index is 8.36. The molecule has 0 radical (unpaired) electrons. The number of nitrogens with one attached hydrogen (secondary N) is 1. The van der Waals surface area contributed by atoms with Crippen LogP contribution in [0.15, 0.2) is 37.1 Å².